The van der Waals surface area contributed by atoms with Crippen LogP contribution in [0.4, 0.5) is 5.13 Å². The van der Waals surface area contributed by atoms with Crippen molar-refractivity contribution < 1.29 is 4.21 Å². The van der Waals surface area contributed by atoms with Crippen LogP contribution in [0.25, 0.3) is 10.2 Å². The van der Waals surface area contributed by atoms with E-state index in [0.29, 0.717) is 0 Å². The summed E-state index contributed by atoms with van der Waals surface area (Å²) in [5.41, 5.74) is 0.919. The summed E-state index contributed by atoms with van der Waals surface area (Å²) >= 11 is 7.65. The molecule has 0 radical (unpaired) electrons. The van der Waals surface area contributed by atoms with Gasteiger partial charge in [-0.25, -0.2) is 4.98 Å². The van der Waals surface area contributed by atoms with Crippen molar-refractivity contribution in [1.82, 2.24) is 4.98 Å². The first-order valence-corrected chi connectivity index (χ1v) is 8.50. The zero-order valence-electron chi connectivity index (χ0n) is 10.3. The van der Waals surface area contributed by atoms with Gasteiger partial charge in [-0.15, -0.1) is 0 Å². The first kappa shape index (κ1) is 13.8. The molecule has 98 valence electrons. The molecule has 0 saturated heterocycles. The monoisotopic (exact) mass is 302 g/mol. The summed E-state index contributed by atoms with van der Waals surface area (Å²) in [7, 11) is -0.765. The van der Waals surface area contributed by atoms with Crippen molar-refractivity contribution in [1.29, 1.82) is 0 Å². The third kappa shape index (κ3) is 3.22. The SMILES string of the molecule is CC(CCNc1nc2cccc(Cl)c2s1)S(C)=O. The predicted octanol–water partition coefficient (Wildman–Crippen LogP) is 3.52. The van der Waals surface area contributed by atoms with Gasteiger partial charge in [0.1, 0.15) is 0 Å². The van der Waals surface area contributed by atoms with E-state index in [2.05, 4.69) is 10.3 Å². The Morgan fingerprint density at radius 1 is 1.56 bits per heavy atom. The number of rotatable bonds is 5. The van der Waals surface area contributed by atoms with Gasteiger partial charge in [0.25, 0.3) is 0 Å². The molecule has 2 rings (SSSR count). The molecule has 0 aliphatic rings. The molecule has 0 fully saturated rings. The molecule has 2 atom stereocenters. The van der Waals surface area contributed by atoms with Crippen molar-refractivity contribution in [3.63, 3.8) is 0 Å². The van der Waals surface area contributed by atoms with Crippen LogP contribution in [0.5, 0.6) is 0 Å². The highest BCUT2D eigenvalue weighted by atomic mass is 35.5. The van der Waals surface area contributed by atoms with Crippen LogP contribution in [0.15, 0.2) is 18.2 Å². The Hall–Kier alpha value is -0.650. The molecule has 6 heteroatoms. The van der Waals surface area contributed by atoms with Gasteiger partial charge in [-0.3, -0.25) is 4.21 Å². The smallest absolute Gasteiger partial charge is 0.183 e. The second-order valence-corrected chi connectivity index (χ2v) is 7.34. The minimum atomic E-state index is -0.765. The maximum atomic E-state index is 11.2. The highest BCUT2D eigenvalue weighted by Crippen LogP contribution is 2.31. The summed E-state index contributed by atoms with van der Waals surface area (Å²) < 4.78 is 12.2. The van der Waals surface area contributed by atoms with E-state index in [9.17, 15) is 4.21 Å². The summed E-state index contributed by atoms with van der Waals surface area (Å²) in [5, 5.41) is 5.07. The molecule has 0 bridgehead atoms. The topological polar surface area (TPSA) is 42.0 Å². The maximum Gasteiger partial charge on any atom is 0.183 e. The first-order chi connectivity index (χ1) is 8.58. The number of halogens is 1. The molecular weight excluding hydrogens is 288 g/mol. The van der Waals surface area contributed by atoms with Crippen LogP contribution in [-0.4, -0.2) is 27.2 Å². The average Bonchev–Trinajstić information content (AvgIpc) is 2.73. The lowest BCUT2D eigenvalue weighted by Gasteiger charge is -2.07. The van der Waals surface area contributed by atoms with Crippen molar-refractivity contribution >= 4 is 49.1 Å². The van der Waals surface area contributed by atoms with E-state index in [1.807, 2.05) is 25.1 Å². The van der Waals surface area contributed by atoms with E-state index in [1.54, 1.807) is 17.6 Å². The fraction of sp³-hybridized carbons (Fsp3) is 0.417. The third-order valence-electron chi connectivity index (χ3n) is 2.76. The van der Waals surface area contributed by atoms with Gasteiger partial charge in [0, 0.05) is 28.9 Å². The Morgan fingerprint density at radius 3 is 3.00 bits per heavy atom. The van der Waals surface area contributed by atoms with E-state index in [0.717, 1.165) is 33.3 Å². The number of nitrogens with one attached hydrogen (secondary N) is 1. The van der Waals surface area contributed by atoms with Gasteiger partial charge in [-0.2, -0.15) is 0 Å². The van der Waals surface area contributed by atoms with Crippen molar-refractivity contribution in [2.75, 3.05) is 18.1 Å². The normalized spacial score (nSPS) is 14.6. The van der Waals surface area contributed by atoms with Crippen LogP contribution in [0.3, 0.4) is 0 Å². The molecule has 2 aromatic rings. The molecule has 18 heavy (non-hydrogen) atoms. The second-order valence-electron chi connectivity index (χ2n) is 4.13. The number of aromatic nitrogens is 1. The number of fused-ring (bicyclic) bond motifs is 1. The summed E-state index contributed by atoms with van der Waals surface area (Å²) in [4.78, 5) is 4.46. The fourth-order valence-corrected chi connectivity index (χ4v) is 3.17. The molecule has 0 aliphatic heterocycles. The van der Waals surface area contributed by atoms with Crippen LogP contribution in [0.1, 0.15) is 13.3 Å². The van der Waals surface area contributed by atoms with Gasteiger partial charge in [0.2, 0.25) is 0 Å². The zero-order chi connectivity index (χ0) is 13.1. The van der Waals surface area contributed by atoms with Gasteiger partial charge in [0.05, 0.1) is 15.2 Å². The predicted molar refractivity (Wildman–Crippen MR) is 81.3 cm³/mol. The second kappa shape index (κ2) is 5.99. The van der Waals surface area contributed by atoms with Gasteiger partial charge in [-0.05, 0) is 18.6 Å². The van der Waals surface area contributed by atoms with Gasteiger partial charge in [0.15, 0.2) is 5.13 Å². The zero-order valence-corrected chi connectivity index (χ0v) is 12.7. The van der Waals surface area contributed by atoms with Crippen LogP contribution in [0.2, 0.25) is 5.02 Å². The molecule has 0 spiro atoms. The third-order valence-corrected chi connectivity index (χ3v) is 5.62. The Labute approximate surface area is 118 Å². The Kier molecular flexibility index (Phi) is 4.59. The van der Waals surface area contributed by atoms with E-state index in [4.69, 9.17) is 11.6 Å². The van der Waals surface area contributed by atoms with Crippen molar-refractivity contribution in [3.8, 4) is 0 Å². The standard InChI is InChI=1S/C12H15ClN2OS2/c1-8(18(2)16)6-7-14-12-15-10-5-3-4-9(13)11(10)17-12/h3-5,8H,6-7H2,1-2H3,(H,14,15). The average molecular weight is 303 g/mol. The van der Waals surface area contributed by atoms with E-state index < -0.39 is 10.8 Å². The molecule has 1 N–H and O–H groups in total. The van der Waals surface area contributed by atoms with Crippen molar-refractivity contribution in [2.24, 2.45) is 0 Å². The Morgan fingerprint density at radius 2 is 2.33 bits per heavy atom. The van der Waals surface area contributed by atoms with Crippen molar-refractivity contribution in [3.05, 3.63) is 23.2 Å². The highest BCUT2D eigenvalue weighted by Gasteiger charge is 2.08. The van der Waals surface area contributed by atoms with E-state index in [1.165, 1.54) is 0 Å². The minimum absolute atomic E-state index is 0.204. The maximum absolute atomic E-state index is 11.2. The van der Waals surface area contributed by atoms with E-state index >= 15 is 0 Å². The fourth-order valence-electron chi connectivity index (χ4n) is 1.54. The summed E-state index contributed by atoms with van der Waals surface area (Å²) in [6, 6.07) is 5.72. The summed E-state index contributed by atoms with van der Waals surface area (Å²) in [6.07, 6.45) is 2.61. The summed E-state index contributed by atoms with van der Waals surface area (Å²) in [6.45, 7) is 2.77. The van der Waals surface area contributed by atoms with Crippen molar-refractivity contribution in [2.45, 2.75) is 18.6 Å². The number of anilines is 1. The lowest BCUT2D eigenvalue weighted by Crippen LogP contribution is -2.14. The molecule has 1 aromatic carbocycles. The molecule has 2 unspecified atom stereocenters. The van der Waals surface area contributed by atoms with E-state index in [-0.39, 0.29) is 5.25 Å². The number of benzene rings is 1. The Balaban J connectivity index is 2.00. The van der Waals surface area contributed by atoms with Gasteiger partial charge >= 0.3 is 0 Å². The number of nitrogens with zero attached hydrogens (tertiary/aromatic N) is 1. The molecule has 0 saturated carbocycles. The quantitative estimate of drug-likeness (QED) is 0.919. The molecule has 1 aromatic heterocycles. The number of hydrogen-bond donors (Lipinski definition) is 1. The van der Waals surface area contributed by atoms with Gasteiger partial charge in [-0.1, -0.05) is 35.9 Å². The van der Waals surface area contributed by atoms with Crippen LogP contribution in [-0.2, 0) is 10.8 Å². The lowest BCUT2D eigenvalue weighted by molar-refractivity contribution is 0.672. The van der Waals surface area contributed by atoms with Crippen LogP contribution >= 0.6 is 22.9 Å². The molecule has 0 aliphatic carbocycles. The Bertz CT molecular complexity index is 570. The first-order valence-electron chi connectivity index (χ1n) is 5.69. The lowest BCUT2D eigenvalue weighted by atomic mass is 10.3. The molecule has 1 heterocycles. The minimum Gasteiger partial charge on any atom is -0.361 e. The molecule has 3 nitrogen and oxygen atoms in total. The molecular formula is C12H15ClN2OS2. The van der Waals surface area contributed by atoms with Crippen LogP contribution < -0.4 is 5.32 Å². The number of hydrogen-bond acceptors (Lipinski definition) is 4. The largest absolute Gasteiger partial charge is 0.361 e. The molecule has 0 amide bonds. The summed E-state index contributed by atoms with van der Waals surface area (Å²) in [5.74, 6) is 0. The van der Waals surface area contributed by atoms with Gasteiger partial charge < -0.3 is 5.32 Å². The highest BCUT2D eigenvalue weighted by molar-refractivity contribution is 7.84. The van der Waals surface area contributed by atoms with Crippen LogP contribution in [0, 0.1) is 0 Å². The number of thiazole rings is 1.